The number of fused-ring (bicyclic) bond motifs is 1. The highest BCUT2D eigenvalue weighted by atomic mass is 35.5. The fourth-order valence-electron chi connectivity index (χ4n) is 1.82. The molecule has 1 aliphatic rings. The van der Waals surface area contributed by atoms with Gasteiger partial charge in [0, 0.05) is 12.1 Å². The number of rotatable bonds is 4. The Bertz CT molecular complexity index is 667. The summed E-state index contributed by atoms with van der Waals surface area (Å²) >= 11 is 6.11. The Morgan fingerprint density at radius 3 is 2.75 bits per heavy atom. The van der Waals surface area contributed by atoms with Crippen molar-refractivity contribution in [2.75, 3.05) is 12.1 Å². The molecule has 2 N–H and O–H groups in total. The molecule has 2 heterocycles. The standard InChI is InChI=1S/C13H10ClNO5/c14-8-3-11-12(19-6-18-11)4-9(8)15-5-7-1-2-10(20-7)13(16)17/h1-4,15H,5-6H2,(H,16,17). The van der Waals surface area contributed by atoms with Crippen LogP contribution in [-0.2, 0) is 6.54 Å². The molecule has 7 heteroatoms. The van der Waals surface area contributed by atoms with Crippen molar-refractivity contribution in [1.29, 1.82) is 0 Å². The first-order chi connectivity index (χ1) is 9.63. The predicted molar refractivity (Wildman–Crippen MR) is 70.6 cm³/mol. The van der Waals surface area contributed by atoms with Crippen molar-refractivity contribution in [1.82, 2.24) is 0 Å². The highest BCUT2D eigenvalue weighted by molar-refractivity contribution is 6.33. The summed E-state index contributed by atoms with van der Waals surface area (Å²) in [6.07, 6.45) is 0. The molecule has 20 heavy (non-hydrogen) atoms. The van der Waals surface area contributed by atoms with Gasteiger partial charge in [-0.1, -0.05) is 11.6 Å². The zero-order chi connectivity index (χ0) is 14.1. The van der Waals surface area contributed by atoms with Gasteiger partial charge in [0.05, 0.1) is 17.3 Å². The van der Waals surface area contributed by atoms with E-state index in [2.05, 4.69) is 5.32 Å². The zero-order valence-corrected chi connectivity index (χ0v) is 10.9. The molecule has 2 aromatic rings. The number of halogens is 1. The Kier molecular flexibility index (Phi) is 3.15. The Balaban J connectivity index is 1.73. The number of hydrogen-bond donors (Lipinski definition) is 2. The molecular weight excluding hydrogens is 286 g/mol. The van der Waals surface area contributed by atoms with E-state index in [1.807, 2.05) is 0 Å². The van der Waals surface area contributed by atoms with Gasteiger partial charge in [-0.3, -0.25) is 0 Å². The van der Waals surface area contributed by atoms with Crippen LogP contribution < -0.4 is 14.8 Å². The minimum absolute atomic E-state index is 0.0985. The highest BCUT2D eigenvalue weighted by Gasteiger charge is 2.16. The summed E-state index contributed by atoms with van der Waals surface area (Å²) in [4.78, 5) is 10.7. The molecule has 0 amide bonds. The van der Waals surface area contributed by atoms with Crippen LogP contribution in [0.25, 0.3) is 0 Å². The first-order valence-corrected chi connectivity index (χ1v) is 6.16. The van der Waals surface area contributed by atoms with Crippen LogP contribution in [0, 0.1) is 0 Å². The number of hydrogen-bond acceptors (Lipinski definition) is 5. The lowest BCUT2D eigenvalue weighted by Crippen LogP contribution is -1.99. The van der Waals surface area contributed by atoms with Crippen LogP contribution in [0.15, 0.2) is 28.7 Å². The van der Waals surface area contributed by atoms with E-state index in [1.54, 1.807) is 18.2 Å². The van der Waals surface area contributed by atoms with Gasteiger partial charge in [-0.05, 0) is 12.1 Å². The second-order valence-corrected chi connectivity index (χ2v) is 4.52. The molecule has 0 atom stereocenters. The number of carboxylic acids is 1. The first-order valence-electron chi connectivity index (χ1n) is 5.78. The second-order valence-electron chi connectivity index (χ2n) is 4.11. The van der Waals surface area contributed by atoms with Gasteiger partial charge >= 0.3 is 5.97 Å². The highest BCUT2D eigenvalue weighted by Crippen LogP contribution is 2.39. The molecule has 3 rings (SSSR count). The Morgan fingerprint density at radius 2 is 2.05 bits per heavy atom. The number of benzene rings is 1. The molecule has 0 saturated heterocycles. The molecule has 0 radical (unpaired) electrons. The van der Waals surface area contributed by atoms with Gasteiger partial charge in [0.25, 0.3) is 0 Å². The Morgan fingerprint density at radius 1 is 1.30 bits per heavy atom. The maximum Gasteiger partial charge on any atom is 0.371 e. The molecule has 1 aliphatic heterocycles. The van der Waals surface area contributed by atoms with Gasteiger partial charge in [0.2, 0.25) is 12.6 Å². The van der Waals surface area contributed by atoms with Crippen molar-refractivity contribution < 1.29 is 23.8 Å². The van der Waals surface area contributed by atoms with E-state index < -0.39 is 5.97 Å². The minimum Gasteiger partial charge on any atom is -0.475 e. The molecule has 0 saturated carbocycles. The van der Waals surface area contributed by atoms with Crippen molar-refractivity contribution >= 4 is 23.3 Å². The number of nitrogens with one attached hydrogen (secondary N) is 1. The zero-order valence-electron chi connectivity index (χ0n) is 10.2. The Labute approximate surface area is 118 Å². The smallest absolute Gasteiger partial charge is 0.371 e. The molecule has 0 aliphatic carbocycles. The van der Waals surface area contributed by atoms with Crippen LogP contribution >= 0.6 is 11.6 Å². The molecule has 0 spiro atoms. The average Bonchev–Trinajstić information content (AvgIpc) is 3.03. The van der Waals surface area contributed by atoms with Crippen molar-refractivity contribution in [3.63, 3.8) is 0 Å². The van der Waals surface area contributed by atoms with Crippen LogP contribution in [0.2, 0.25) is 5.02 Å². The minimum atomic E-state index is -1.10. The van der Waals surface area contributed by atoms with Crippen molar-refractivity contribution in [2.45, 2.75) is 6.54 Å². The van der Waals surface area contributed by atoms with Crippen LogP contribution in [0.3, 0.4) is 0 Å². The summed E-state index contributed by atoms with van der Waals surface area (Å²) < 4.78 is 15.6. The summed E-state index contributed by atoms with van der Waals surface area (Å²) in [5, 5.41) is 12.3. The lowest BCUT2D eigenvalue weighted by molar-refractivity contribution is 0.0660. The fraction of sp³-hybridized carbons (Fsp3) is 0.154. The lowest BCUT2D eigenvalue weighted by Gasteiger charge is -2.08. The van der Waals surface area contributed by atoms with E-state index in [0.717, 1.165) is 0 Å². The normalized spacial score (nSPS) is 12.4. The van der Waals surface area contributed by atoms with Gasteiger partial charge < -0.3 is 24.3 Å². The monoisotopic (exact) mass is 295 g/mol. The summed E-state index contributed by atoms with van der Waals surface area (Å²) in [7, 11) is 0. The molecular formula is C13H10ClNO5. The third kappa shape index (κ3) is 2.37. The number of carboxylic acid groups (broad SMARTS) is 1. The maximum absolute atomic E-state index is 10.7. The summed E-state index contributed by atoms with van der Waals surface area (Å²) in [6, 6.07) is 6.39. The summed E-state index contributed by atoms with van der Waals surface area (Å²) in [5.41, 5.74) is 0.657. The van der Waals surface area contributed by atoms with Crippen molar-refractivity contribution in [3.05, 3.63) is 40.8 Å². The van der Waals surface area contributed by atoms with E-state index in [9.17, 15) is 4.79 Å². The van der Waals surface area contributed by atoms with Gasteiger partial charge in [0.1, 0.15) is 5.76 Å². The van der Waals surface area contributed by atoms with E-state index >= 15 is 0 Å². The predicted octanol–water partition coefficient (Wildman–Crippen LogP) is 2.97. The van der Waals surface area contributed by atoms with Crippen LogP contribution in [0.1, 0.15) is 16.3 Å². The van der Waals surface area contributed by atoms with Gasteiger partial charge in [-0.15, -0.1) is 0 Å². The molecule has 0 bridgehead atoms. The van der Waals surface area contributed by atoms with Gasteiger partial charge in [-0.25, -0.2) is 4.79 Å². The molecule has 0 unspecified atom stereocenters. The number of aromatic carboxylic acids is 1. The van der Waals surface area contributed by atoms with Gasteiger partial charge in [-0.2, -0.15) is 0 Å². The maximum atomic E-state index is 10.7. The van der Waals surface area contributed by atoms with Crippen LogP contribution in [0.4, 0.5) is 5.69 Å². The average molecular weight is 296 g/mol. The molecule has 6 nitrogen and oxygen atoms in total. The quantitative estimate of drug-likeness (QED) is 0.902. The number of furan rings is 1. The molecule has 0 fully saturated rings. The van der Waals surface area contributed by atoms with Gasteiger partial charge in [0.15, 0.2) is 11.5 Å². The van der Waals surface area contributed by atoms with Crippen molar-refractivity contribution in [2.24, 2.45) is 0 Å². The van der Waals surface area contributed by atoms with E-state index in [-0.39, 0.29) is 12.6 Å². The van der Waals surface area contributed by atoms with Crippen molar-refractivity contribution in [3.8, 4) is 11.5 Å². The number of ether oxygens (including phenoxy) is 2. The fourth-order valence-corrected chi connectivity index (χ4v) is 2.04. The molecule has 1 aromatic carbocycles. The largest absolute Gasteiger partial charge is 0.475 e. The first kappa shape index (κ1) is 12.7. The van der Waals surface area contributed by atoms with E-state index in [4.69, 9.17) is 30.6 Å². The van der Waals surface area contributed by atoms with Crippen LogP contribution in [0.5, 0.6) is 11.5 Å². The van der Waals surface area contributed by atoms with E-state index in [1.165, 1.54) is 6.07 Å². The SMILES string of the molecule is O=C(O)c1ccc(CNc2cc3c(cc2Cl)OCO3)o1. The van der Waals surface area contributed by atoms with Crippen LogP contribution in [-0.4, -0.2) is 17.9 Å². The number of anilines is 1. The third-order valence-electron chi connectivity index (χ3n) is 2.79. The number of carbonyl (C=O) groups is 1. The van der Waals surface area contributed by atoms with E-state index in [0.29, 0.717) is 34.5 Å². The third-order valence-corrected chi connectivity index (χ3v) is 3.10. The molecule has 104 valence electrons. The molecule has 1 aromatic heterocycles. The summed E-state index contributed by atoms with van der Waals surface area (Å²) in [5.74, 6) is 0.515. The Hall–Kier alpha value is -2.34. The summed E-state index contributed by atoms with van der Waals surface area (Å²) in [6.45, 7) is 0.488. The second kappa shape index (κ2) is 4.97. The topological polar surface area (TPSA) is 80.9 Å². The lowest BCUT2D eigenvalue weighted by atomic mass is 10.2.